The summed E-state index contributed by atoms with van der Waals surface area (Å²) in [5.74, 6) is 0.544. The Morgan fingerprint density at radius 2 is 1.90 bits per heavy atom. The molecule has 0 amide bonds. The van der Waals surface area contributed by atoms with Crippen LogP contribution in [0.4, 0.5) is 17.3 Å². The summed E-state index contributed by atoms with van der Waals surface area (Å²) in [6.07, 6.45) is 1.68. The Bertz CT molecular complexity index is 718. The number of nitrogens with one attached hydrogen (secondary N) is 1. The number of benzene rings is 2. The van der Waals surface area contributed by atoms with E-state index in [2.05, 4.69) is 15.4 Å². The van der Waals surface area contributed by atoms with Crippen molar-refractivity contribution < 1.29 is 0 Å². The van der Waals surface area contributed by atoms with Gasteiger partial charge in [0.15, 0.2) is 0 Å². The van der Waals surface area contributed by atoms with E-state index in [9.17, 15) is 0 Å². The number of aromatic nitrogens is 3. The van der Waals surface area contributed by atoms with E-state index < -0.39 is 0 Å². The molecule has 2 aromatic carbocycles. The van der Waals surface area contributed by atoms with Gasteiger partial charge in [0.1, 0.15) is 6.33 Å². The van der Waals surface area contributed by atoms with E-state index in [1.807, 2.05) is 55.5 Å². The molecule has 0 radical (unpaired) electrons. The molecule has 5 heteroatoms. The molecule has 3 rings (SSSR count). The number of hydrogen-bond acceptors (Lipinski definition) is 4. The van der Waals surface area contributed by atoms with Crippen molar-refractivity contribution in [1.82, 2.24) is 14.8 Å². The fourth-order valence-corrected chi connectivity index (χ4v) is 1.92. The van der Waals surface area contributed by atoms with Crippen LogP contribution in [0.2, 0.25) is 0 Å². The molecule has 100 valence electrons. The Morgan fingerprint density at radius 1 is 1.10 bits per heavy atom. The molecule has 0 unspecified atom stereocenters. The second-order valence-electron chi connectivity index (χ2n) is 4.55. The van der Waals surface area contributed by atoms with Gasteiger partial charge in [-0.1, -0.05) is 24.3 Å². The number of para-hydroxylation sites is 1. The van der Waals surface area contributed by atoms with Crippen molar-refractivity contribution in [2.24, 2.45) is 0 Å². The van der Waals surface area contributed by atoms with E-state index in [1.54, 1.807) is 11.0 Å². The average molecular weight is 265 g/mol. The molecule has 0 saturated heterocycles. The van der Waals surface area contributed by atoms with Gasteiger partial charge in [0, 0.05) is 11.4 Å². The predicted molar refractivity (Wildman–Crippen MR) is 80.2 cm³/mol. The van der Waals surface area contributed by atoms with E-state index in [0.717, 1.165) is 16.9 Å². The summed E-state index contributed by atoms with van der Waals surface area (Å²) in [6, 6.07) is 15.6. The van der Waals surface area contributed by atoms with Gasteiger partial charge in [-0.25, -0.2) is 4.68 Å². The smallest absolute Gasteiger partial charge is 0.246 e. The molecule has 0 fully saturated rings. The third-order valence-electron chi connectivity index (χ3n) is 3.02. The lowest BCUT2D eigenvalue weighted by Crippen LogP contribution is -1.99. The minimum Gasteiger partial charge on any atom is -0.399 e. The summed E-state index contributed by atoms with van der Waals surface area (Å²) >= 11 is 0. The summed E-state index contributed by atoms with van der Waals surface area (Å²) in [5.41, 5.74) is 9.48. The molecule has 3 N–H and O–H groups in total. The number of hydrogen-bond donors (Lipinski definition) is 2. The molecule has 1 aromatic heterocycles. The fourth-order valence-electron chi connectivity index (χ4n) is 1.92. The number of nitrogen functional groups attached to an aromatic ring is 1. The molecule has 1 heterocycles. The van der Waals surface area contributed by atoms with Crippen molar-refractivity contribution in [2.75, 3.05) is 11.1 Å². The molecule has 0 aliphatic heterocycles. The van der Waals surface area contributed by atoms with Crippen LogP contribution < -0.4 is 11.1 Å². The van der Waals surface area contributed by atoms with Gasteiger partial charge in [-0.2, -0.15) is 4.98 Å². The van der Waals surface area contributed by atoms with Crippen LogP contribution in [0.25, 0.3) is 5.69 Å². The third-order valence-corrected chi connectivity index (χ3v) is 3.02. The maximum Gasteiger partial charge on any atom is 0.246 e. The third kappa shape index (κ3) is 2.47. The van der Waals surface area contributed by atoms with Crippen molar-refractivity contribution in [1.29, 1.82) is 0 Å². The fraction of sp³-hybridized carbons (Fsp3) is 0.0667. The topological polar surface area (TPSA) is 68.8 Å². The second-order valence-corrected chi connectivity index (χ2v) is 4.55. The van der Waals surface area contributed by atoms with Gasteiger partial charge in [-0.3, -0.25) is 0 Å². The molecule has 0 saturated carbocycles. The largest absolute Gasteiger partial charge is 0.399 e. The van der Waals surface area contributed by atoms with Gasteiger partial charge in [-0.05, 0) is 36.8 Å². The van der Waals surface area contributed by atoms with Crippen LogP contribution in [-0.2, 0) is 0 Å². The van der Waals surface area contributed by atoms with Gasteiger partial charge in [0.2, 0.25) is 5.95 Å². The molecular formula is C15H15N5. The van der Waals surface area contributed by atoms with E-state index in [4.69, 9.17) is 5.73 Å². The summed E-state index contributed by atoms with van der Waals surface area (Å²) < 4.78 is 1.73. The summed E-state index contributed by atoms with van der Waals surface area (Å²) in [6.45, 7) is 2.01. The number of aryl methyl sites for hydroxylation is 1. The molecule has 3 aromatic rings. The monoisotopic (exact) mass is 265 g/mol. The lowest BCUT2D eigenvalue weighted by molar-refractivity contribution is 0.882. The van der Waals surface area contributed by atoms with E-state index in [-0.39, 0.29) is 0 Å². The Hall–Kier alpha value is -2.82. The Labute approximate surface area is 117 Å². The van der Waals surface area contributed by atoms with E-state index >= 15 is 0 Å². The first kappa shape index (κ1) is 12.2. The number of rotatable bonds is 3. The van der Waals surface area contributed by atoms with Crippen LogP contribution in [-0.4, -0.2) is 14.8 Å². The van der Waals surface area contributed by atoms with Crippen LogP contribution in [0.15, 0.2) is 54.9 Å². The van der Waals surface area contributed by atoms with Crippen molar-refractivity contribution in [2.45, 2.75) is 6.92 Å². The zero-order valence-electron chi connectivity index (χ0n) is 11.1. The molecule has 0 atom stereocenters. The Morgan fingerprint density at radius 3 is 2.70 bits per heavy atom. The normalized spacial score (nSPS) is 10.4. The van der Waals surface area contributed by atoms with Crippen molar-refractivity contribution in [3.8, 4) is 5.69 Å². The lowest BCUT2D eigenvalue weighted by atomic mass is 10.2. The molecule has 5 nitrogen and oxygen atoms in total. The highest BCUT2D eigenvalue weighted by molar-refractivity contribution is 5.63. The van der Waals surface area contributed by atoms with E-state index in [1.165, 1.54) is 0 Å². The number of nitrogens with two attached hydrogens (primary N) is 1. The van der Waals surface area contributed by atoms with Crippen molar-refractivity contribution in [3.05, 3.63) is 60.4 Å². The number of anilines is 3. The van der Waals surface area contributed by atoms with Gasteiger partial charge in [0.05, 0.1) is 5.69 Å². The Balaban J connectivity index is 1.86. The SMILES string of the molecule is Cc1ccc(N)cc1Nc1ncn(-c2ccccc2)n1. The first-order valence-electron chi connectivity index (χ1n) is 6.32. The van der Waals surface area contributed by atoms with Crippen LogP contribution >= 0.6 is 0 Å². The Kier molecular flexibility index (Phi) is 3.09. The van der Waals surface area contributed by atoms with Crippen molar-refractivity contribution in [3.63, 3.8) is 0 Å². The van der Waals surface area contributed by atoms with Crippen LogP contribution in [0, 0.1) is 6.92 Å². The molecule has 0 aliphatic carbocycles. The minimum absolute atomic E-state index is 0.544. The summed E-state index contributed by atoms with van der Waals surface area (Å²) in [7, 11) is 0. The molecule has 0 bridgehead atoms. The highest BCUT2D eigenvalue weighted by Gasteiger charge is 2.05. The lowest BCUT2D eigenvalue weighted by Gasteiger charge is -2.06. The van der Waals surface area contributed by atoms with Gasteiger partial charge in [0.25, 0.3) is 0 Å². The minimum atomic E-state index is 0.544. The predicted octanol–water partition coefficient (Wildman–Crippen LogP) is 2.90. The maximum absolute atomic E-state index is 5.79. The molecule has 0 spiro atoms. The zero-order valence-corrected chi connectivity index (χ0v) is 11.1. The van der Waals surface area contributed by atoms with Crippen LogP contribution in [0.5, 0.6) is 0 Å². The highest BCUT2D eigenvalue weighted by Crippen LogP contribution is 2.21. The molecular weight excluding hydrogens is 250 g/mol. The first-order chi connectivity index (χ1) is 9.72. The maximum atomic E-state index is 5.79. The van der Waals surface area contributed by atoms with Gasteiger partial charge < -0.3 is 11.1 Å². The van der Waals surface area contributed by atoms with Gasteiger partial charge in [-0.15, -0.1) is 5.10 Å². The van der Waals surface area contributed by atoms with Crippen LogP contribution in [0.1, 0.15) is 5.56 Å². The average Bonchev–Trinajstić information content (AvgIpc) is 2.92. The standard InChI is InChI=1S/C15H15N5/c1-11-7-8-12(16)9-14(11)18-15-17-10-20(19-15)13-5-3-2-4-6-13/h2-10H,16H2,1H3,(H,18,19). The summed E-state index contributed by atoms with van der Waals surface area (Å²) in [4.78, 5) is 4.26. The molecule has 0 aliphatic rings. The quantitative estimate of drug-likeness (QED) is 0.714. The second kappa shape index (κ2) is 5.05. The number of nitrogens with zero attached hydrogens (tertiary/aromatic N) is 3. The van der Waals surface area contributed by atoms with Crippen molar-refractivity contribution >= 4 is 17.3 Å². The molecule has 20 heavy (non-hydrogen) atoms. The first-order valence-corrected chi connectivity index (χ1v) is 6.32. The van der Waals surface area contributed by atoms with E-state index in [0.29, 0.717) is 11.6 Å². The van der Waals surface area contributed by atoms with Crippen LogP contribution in [0.3, 0.4) is 0 Å². The van der Waals surface area contributed by atoms with Gasteiger partial charge >= 0.3 is 0 Å². The summed E-state index contributed by atoms with van der Waals surface area (Å²) in [5, 5.41) is 7.58. The highest BCUT2D eigenvalue weighted by atomic mass is 15.4. The zero-order chi connectivity index (χ0) is 13.9.